The smallest absolute Gasteiger partial charge is 0.239 e. The minimum Gasteiger partial charge on any atom is -0.497 e. The van der Waals surface area contributed by atoms with E-state index in [4.69, 9.17) is 4.74 Å². The molecule has 0 heterocycles. The Morgan fingerprint density at radius 2 is 2.04 bits per heavy atom. The maximum atomic E-state index is 11.9. The highest BCUT2D eigenvalue weighted by Crippen LogP contribution is 2.13. The molecule has 0 radical (unpaired) electrons. The van der Waals surface area contributed by atoms with Crippen LogP contribution >= 0.6 is 0 Å². The van der Waals surface area contributed by atoms with E-state index in [0.29, 0.717) is 19.5 Å². The molecule has 2 amide bonds. The minimum atomic E-state index is -0.0954. The topological polar surface area (TPSA) is 58.6 Å². The summed E-state index contributed by atoms with van der Waals surface area (Å²) < 4.78 is 5.19. The molecule has 0 aliphatic rings. The second-order valence-electron chi connectivity index (χ2n) is 5.60. The molecule has 1 N–H and O–H groups in total. The maximum Gasteiger partial charge on any atom is 0.239 e. The van der Waals surface area contributed by atoms with Gasteiger partial charge in [-0.1, -0.05) is 31.9 Å². The molecule has 0 bridgehead atoms. The molecule has 0 saturated carbocycles. The highest BCUT2D eigenvalue weighted by atomic mass is 16.5. The second-order valence-corrected chi connectivity index (χ2v) is 5.60. The average molecular weight is 320 g/mol. The third-order valence-electron chi connectivity index (χ3n) is 3.69. The fraction of sp³-hybridized carbons (Fsp3) is 0.556. The van der Waals surface area contributed by atoms with E-state index in [9.17, 15) is 9.59 Å². The molecule has 128 valence electrons. The summed E-state index contributed by atoms with van der Waals surface area (Å²) in [5.41, 5.74) is 1.08. The first-order chi connectivity index (χ1) is 11.1. The number of rotatable bonds is 10. The Hall–Kier alpha value is -2.04. The largest absolute Gasteiger partial charge is 0.497 e. The molecule has 0 aromatic heterocycles. The lowest BCUT2D eigenvalue weighted by Gasteiger charge is -2.20. The van der Waals surface area contributed by atoms with E-state index in [0.717, 1.165) is 30.6 Å². The van der Waals surface area contributed by atoms with Gasteiger partial charge in [-0.05, 0) is 30.5 Å². The zero-order valence-corrected chi connectivity index (χ0v) is 14.4. The number of carbonyl (C=O) groups excluding carboxylic acids is 2. The van der Waals surface area contributed by atoms with Crippen LogP contribution in [0.3, 0.4) is 0 Å². The molecule has 0 atom stereocenters. The Balaban J connectivity index is 2.45. The summed E-state index contributed by atoms with van der Waals surface area (Å²) in [5.74, 6) is 0.615. The molecule has 23 heavy (non-hydrogen) atoms. The summed E-state index contributed by atoms with van der Waals surface area (Å²) in [6.07, 6.45) is 3.90. The predicted molar refractivity (Wildman–Crippen MR) is 91.5 cm³/mol. The number of carbonyl (C=O) groups is 2. The lowest BCUT2D eigenvalue weighted by atomic mass is 10.1. The van der Waals surface area contributed by atoms with Crippen LogP contribution < -0.4 is 10.1 Å². The van der Waals surface area contributed by atoms with Gasteiger partial charge in [-0.15, -0.1) is 0 Å². The molecule has 5 nitrogen and oxygen atoms in total. The second kappa shape index (κ2) is 10.6. The van der Waals surface area contributed by atoms with Crippen molar-refractivity contribution in [3.8, 4) is 5.75 Å². The number of nitrogens with zero attached hydrogens (tertiary/aromatic N) is 1. The molecule has 1 aromatic carbocycles. The van der Waals surface area contributed by atoms with E-state index in [-0.39, 0.29) is 18.4 Å². The third kappa shape index (κ3) is 7.68. The number of hydrogen-bond acceptors (Lipinski definition) is 3. The first-order valence-corrected chi connectivity index (χ1v) is 8.22. The molecule has 5 heteroatoms. The number of benzene rings is 1. The highest BCUT2D eigenvalue weighted by molar-refractivity contribution is 5.83. The van der Waals surface area contributed by atoms with Crippen molar-refractivity contribution in [2.24, 2.45) is 0 Å². The van der Waals surface area contributed by atoms with Crippen molar-refractivity contribution in [1.29, 1.82) is 0 Å². The molecule has 1 aromatic rings. The van der Waals surface area contributed by atoms with Crippen LogP contribution in [0.2, 0.25) is 0 Å². The van der Waals surface area contributed by atoms with Gasteiger partial charge in [0.15, 0.2) is 0 Å². The maximum absolute atomic E-state index is 11.9. The van der Waals surface area contributed by atoms with Gasteiger partial charge in [-0.2, -0.15) is 0 Å². The summed E-state index contributed by atoms with van der Waals surface area (Å²) in [7, 11) is 1.63. The van der Waals surface area contributed by atoms with E-state index in [1.54, 1.807) is 12.0 Å². The Kier molecular flexibility index (Phi) is 8.80. The fourth-order valence-electron chi connectivity index (χ4n) is 2.27. The molecular weight excluding hydrogens is 292 g/mol. The van der Waals surface area contributed by atoms with Gasteiger partial charge in [0, 0.05) is 20.0 Å². The van der Waals surface area contributed by atoms with E-state index >= 15 is 0 Å². The van der Waals surface area contributed by atoms with E-state index in [1.165, 1.54) is 6.92 Å². The number of unbranched alkanes of at least 4 members (excludes halogenated alkanes) is 2. The first kappa shape index (κ1) is 19.0. The molecule has 0 fully saturated rings. The SMILES string of the molecule is CCCCCNC(=O)CN(CCc1cccc(OC)c1)C(C)=O. The Bertz CT molecular complexity index is 503. The van der Waals surface area contributed by atoms with Crippen molar-refractivity contribution in [3.05, 3.63) is 29.8 Å². The van der Waals surface area contributed by atoms with Crippen molar-refractivity contribution >= 4 is 11.8 Å². The lowest BCUT2D eigenvalue weighted by Crippen LogP contribution is -2.41. The van der Waals surface area contributed by atoms with Crippen LogP contribution in [0.5, 0.6) is 5.75 Å². The number of nitrogens with one attached hydrogen (secondary N) is 1. The van der Waals surface area contributed by atoms with Crippen molar-refractivity contribution in [1.82, 2.24) is 10.2 Å². The van der Waals surface area contributed by atoms with Crippen LogP contribution in [0.25, 0.3) is 0 Å². The van der Waals surface area contributed by atoms with Gasteiger partial charge in [0.1, 0.15) is 5.75 Å². The lowest BCUT2D eigenvalue weighted by molar-refractivity contribution is -0.134. The Morgan fingerprint density at radius 3 is 2.70 bits per heavy atom. The standard InChI is InChI=1S/C18H28N2O3/c1-4-5-6-11-19-18(22)14-20(15(2)21)12-10-16-8-7-9-17(13-16)23-3/h7-9,13H,4-6,10-12,14H2,1-3H3,(H,19,22). The molecular formula is C18H28N2O3. The summed E-state index contributed by atoms with van der Waals surface area (Å²) >= 11 is 0. The number of hydrogen-bond donors (Lipinski definition) is 1. The molecule has 0 spiro atoms. The van der Waals surface area contributed by atoms with E-state index < -0.39 is 0 Å². The van der Waals surface area contributed by atoms with Crippen molar-refractivity contribution in [2.45, 2.75) is 39.5 Å². The van der Waals surface area contributed by atoms with Gasteiger partial charge in [0.25, 0.3) is 0 Å². The monoisotopic (exact) mass is 320 g/mol. The Morgan fingerprint density at radius 1 is 1.26 bits per heavy atom. The van der Waals surface area contributed by atoms with Gasteiger partial charge in [0.05, 0.1) is 13.7 Å². The molecule has 1 rings (SSSR count). The van der Waals surface area contributed by atoms with Crippen LogP contribution in [-0.2, 0) is 16.0 Å². The van der Waals surface area contributed by atoms with Crippen molar-refractivity contribution < 1.29 is 14.3 Å². The van der Waals surface area contributed by atoms with E-state index in [2.05, 4.69) is 12.2 Å². The molecule has 0 saturated heterocycles. The normalized spacial score (nSPS) is 10.2. The highest BCUT2D eigenvalue weighted by Gasteiger charge is 2.13. The van der Waals surface area contributed by atoms with Gasteiger partial charge in [0.2, 0.25) is 11.8 Å². The molecule has 0 unspecified atom stereocenters. The van der Waals surface area contributed by atoms with Crippen LogP contribution in [0, 0.1) is 0 Å². The van der Waals surface area contributed by atoms with Gasteiger partial charge >= 0.3 is 0 Å². The summed E-state index contributed by atoms with van der Waals surface area (Å²) in [5, 5.41) is 2.87. The molecule has 0 aliphatic heterocycles. The van der Waals surface area contributed by atoms with Gasteiger partial charge in [-0.25, -0.2) is 0 Å². The third-order valence-corrected chi connectivity index (χ3v) is 3.69. The number of amides is 2. The first-order valence-electron chi connectivity index (χ1n) is 8.22. The van der Waals surface area contributed by atoms with Gasteiger partial charge < -0.3 is 15.0 Å². The van der Waals surface area contributed by atoms with Crippen molar-refractivity contribution in [3.63, 3.8) is 0 Å². The summed E-state index contributed by atoms with van der Waals surface area (Å²) in [6.45, 7) is 4.93. The predicted octanol–water partition coefficient (Wildman–Crippen LogP) is 2.39. The number of ether oxygens (including phenoxy) is 1. The van der Waals surface area contributed by atoms with E-state index in [1.807, 2.05) is 24.3 Å². The zero-order chi connectivity index (χ0) is 17.1. The summed E-state index contributed by atoms with van der Waals surface area (Å²) in [6, 6.07) is 7.75. The van der Waals surface area contributed by atoms with Gasteiger partial charge in [-0.3, -0.25) is 9.59 Å². The van der Waals surface area contributed by atoms with Crippen LogP contribution in [0.1, 0.15) is 38.7 Å². The fourth-order valence-corrected chi connectivity index (χ4v) is 2.27. The zero-order valence-electron chi connectivity index (χ0n) is 14.4. The van der Waals surface area contributed by atoms with Crippen molar-refractivity contribution in [2.75, 3.05) is 26.7 Å². The average Bonchev–Trinajstić information content (AvgIpc) is 2.55. The minimum absolute atomic E-state index is 0.0865. The van der Waals surface area contributed by atoms with Crippen LogP contribution in [0.4, 0.5) is 0 Å². The van der Waals surface area contributed by atoms with Crippen LogP contribution in [-0.4, -0.2) is 43.5 Å². The van der Waals surface area contributed by atoms with Crippen LogP contribution in [0.15, 0.2) is 24.3 Å². The Labute approximate surface area is 139 Å². The number of methoxy groups -OCH3 is 1. The quantitative estimate of drug-likeness (QED) is 0.674. The summed E-state index contributed by atoms with van der Waals surface area (Å²) in [4.78, 5) is 25.2. The molecule has 0 aliphatic carbocycles.